The molecule has 0 aromatic heterocycles. The van der Waals surface area contributed by atoms with Crippen LogP contribution in [0, 0.1) is 6.92 Å². The van der Waals surface area contributed by atoms with Crippen LogP contribution in [0.25, 0.3) is 11.1 Å². The minimum atomic E-state index is -0.0896. The molecule has 3 aromatic carbocycles. The van der Waals surface area contributed by atoms with E-state index in [4.69, 9.17) is 0 Å². The Balaban J connectivity index is 1.44. The van der Waals surface area contributed by atoms with Crippen molar-refractivity contribution in [3.8, 4) is 11.1 Å². The topological polar surface area (TPSA) is 52.7 Å². The molecule has 1 saturated heterocycles. The fourth-order valence-corrected chi connectivity index (χ4v) is 3.79. The highest BCUT2D eigenvalue weighted by molar-refractivity contribution is 5.97. The number of urea groups is 1. The molecule has 0 unspecified atom stereocenters. The van der Waals surface area contributed by atoms with Crippen LogP contribution >= 0.6 is 0 Å². The molecule has 152 valence electrons. The molecule has 5 nitrogen and oxygen atoms in total. The number of nitrogens with one attached hydrogen (secondary N) is 1. The van der Waals surface area contributed by atoms with Crippen LogP contribution in [0.15, 0.2) is 72.8 Å². The third kappa shape index (κ3) is 4.06. The fourth-order valence-electron chi connectivity index (χ4n) is 3.79. The maximum atomic E-state index is 12.9. The average Bonchev–Trinajstić information content (AvgIpc) is 3.20. The Morgan fingerprint density at radius 1 is 1.00 bits per heavy atom. The van der Waals surface area contributed by atoms with Crippen LogP contribution in [0.4, 0.5) is 10.5 Å². The van der Waals surface area contributed by atoms with Gasteiger partial charge in [0.1, 0.15) is 0 Å². The van der Waals surface area contributed by atoms with E-state index in [1.165, 1.54) is 5.56 Å². The maximum absolute atomic E-state index is 12.9. The number of nitrogens with zero attached hydrogens (tertiary/aromatic N) is 2. The summed E-state index contributed by atoms with van der Waals surface area (Å²) in [6.07, 6.45) is 0. The molecular formula is C25H25N3O2. The van der Waals surface area contributed by atoms with Crippen molar-refractivity contribution in [2.24, 2.45) is 0 Å². The summed E-state index contributed by atoms with van der Waals surface area (Å²) >= 11 is 0. The molecule has 0 radical (unpaired) electrons. The van der Waals surface area contributed by atoms with Gasteiger partial charge in [0.25, 0.3) is 5.91 Å². The summed E-state index contributed by atoms with van der Waals surface area (Å²) in [7, 11) is 1.81. The van der Waals surface area contributed by atoms with E-state index in [2.05, 4.69) is 41.7 Å². The summed E-state index contributed by atoms with van der Waals surface area (Å²) in [4.78, 5) is 28.3. The normalized spacial score (nSPS) is 13.3. The van der Waals surface area contributed by atoms with Gasteiger partial charge in [0.05, 0.1) is 0 Å². The third-order valence-electron chi connectivity index (χ3n) is 5.42. The van der Waals surface area contributed by atoms with Gasteiger partial charge in [-0.05, 0) is 47.4 Å². The summed E-state index contributed by atoms with van der Waals surface area (Å²) in [5.74, 6) is -0.0392. The van der Waals surface area contributed by atoms with Crippen LogP contribution in [0.2, 0.25) is 0 Å². The summed E-state index contributed by atoms with van der Waals surface area (Å²) in [6, 6.07) is 24.0. The van der Waals surface area contributed by atoms with E-state index in [1.807, 2.05) is 44.3 Å². The standard InChI is InChI=1S/C25H25N3O2/c1-18-16-22(12-13-23(18)28-15-14-26-25(28)30)24(29)27(2)17-19-8-10-21(11-9-19)20-6-4-3-5-7-20/h3-13,16H,14-15,17H2,1-2H3,(H,26,30). The Kier molecular flexibility index (Phi) is 5.53. The molecule has 30 heavy (non-hydrogen) atoms. The molecule has 1 heterocycles. The molecule has 1 fully saturated rings. The van der Waals surface area contributed by atoms with Gasteiger partial charge in [-0.25, -0.2) is 4.79 Å². The van der Waals surface area contributed by atoms with Crippen molar-refractivity contribution in [3.63, 3.8) is 0 Å². The molecule has 1 N–H and O–H groups in total. The van der Waals surface area contributed by atoms with E-state index in [1.54, 1.807) is 15.9 Å². The highest BCUT2D eigenvalue weighted by Crippen LogP contribution is 2.24. The Labute approximate surface area is 176 Å². The van der Waals surface area contributed by atoms with Crippen molar-refractivity contribution < 1.29 is 9.59 Å². The molecule has 3 amide bonds. The van der Waals surface area contributed by atoms with Crippen LogP contribution in [-0.4, -0.2) is 37.0 Å². The molecule has 0 atom stereocenters. The molecule has 1 aliphatic heterocycles. The lowest BCUT2D eigenvalue weighted by atomic mass is 10.0. The largest absolute Gasteiger partial charge is 0.337 e. The van der Waals surface area contributed by atoms with E-state index >= 15 is 0 Å². The molecule has 1 aliphatic rings. The zero-order valence-corrected chi connectivity index (χ0v) is 17.3. The lowest BCUT2D eigenvalue weighted by molar-refractivity contribution is 0.0785. The van der Waals surface area contributed by atoms with Crippen molar-refractivity contribution in [1.82, 2.24) is 10.2 Å². The lowest BCUT2D eigenvalue weighted by Crippen LogP contribution is -2.29. The molecule has 3 aromatic rings. The molecule has 0 aliphatic carbocycles. The van der Waals surface area contributed by atoms with Crippen molar-refractivity contribution in [3.05, 3.63) is 89.5 Å². The van der Waals surface area contributed by atoms with Gasteiger partial charge >= 0.3 is 6.03 Å². The summed E-state index contributed by atoms with van der Waals surface area (Å²) in [5.41, 5.74) is 5.80. The number of anilines is 1. The number of amides is 3. The minimum absolute atomic E-state index is 0.0392. The second-order valence-corrected chi connectivity index (χ2v) is 7.61. The van der Waals surface area contributed by atoms with E-state index in [-0.39, 0.29) is 11.9 Å². The smallest absolute Gasteiger partial charge is 0.322 e. The number of aryl methyl sites for hydroxylation is 1. The van der Waals surface area contributed by atoms with Crippen molar-refractivity contribution in [2.45, 2.75) is 13.5 Å². The lowest BCUT2D eigenvalue weighted by Gasteiger charge is -2.20. The predicted molar refractivity (Wildman–Crippen MR) is 120 cm³/mol. The second-order valence-electron chi connectivity index (χ2n) is 7.61. The monoisotopic (exact) mass is 399 g/mol. The first-order valence-corrected chi connectivity index (χ1v) is 10.1. The van der Waals surface area contributed by atoms with Crippen molar-refractivity contribution in [1.29, 1.82) is 0 Å². The molecule has 0 saturated carbocycles. The zero-order valence-electron chi connectivity index (χ0n) is 17.3. The first-order chi connectivity index (χ1) is 14.5. The first kappa shape index (κ1) is 19.7. The van der Waals surface area contributed by atoms with E-state index in [9.17, 15) is 9.59 Å². The molecule has 4 rings (SSSR count). The van der Waals surface area contributed by atoms with Gasteiger partial charge in [-0.15, -0.1) is 0 Å². The first-order valence-electron chi connectivity index (χ1n) is 10.1. The highest BCUT2D eigenvalue weighted by Gasteiger charge is 2.23. The van der Waals surface area contributed by atoms with Crippen LogP contribution < -0.4 is 10.2 Å². The second kappa shape index (κ2) is 8.41. The minimum Gasteiger partial charge on any atom is -0.337 e. The summed E-state index contributed by atoms with van der Waals surface area (Å²) in [6.45, 7) is 3.75. The quantitative estimate of drug-likeness (QED) is 0.689. The fraction of sp³-hybridized carbons (Fsp3) is 0.200. The van der Waals surface area contributed by atoms with Gasteiger partial charge in [-0.3, -0.25) is 9.69 Å². The number of hydrogen-bond acceptors (Lipinski definition) is 2. The van der Waals surface area contributed by atoms with Gasteiger partial charge in [0, 0.05) is 37.9 Å². The number of carbonyl (C=O) groups is 2. The van der Waals surface area contributed by atoms with E-state index in [0.29, 0.717) is 25.2 Å². The predicted octanol–water partition coefficient (Wildman–Crippen LogP) is 4.46. The number of benzene rings is 3. The third-order valence-corrected chi connectivity index (χ3v) is 5.42. The van der Waals surface area contributed by atoms with Gasteiger partial charge in [-0.2, -0.15) is 0 Å². The van der Waals surface area contributed by atoms with Crippen molar-refractivity contribution in [2.75, 3.05) is 25.0 Å². The average molecular weight is 399 g/mol. The Morgan fingerprint density at radius 2 is 1.70 bits per heavy atom. The number of carbonyl (C=O) groups excluding carboxylic acids is 2. The highest BCUT2D eigenvalue weighted by atomic mass is 16.2. The van der Waals surface area contributed by atoms with Crippen LogP contribution in [0.5, 0.6) is 0 Å². The van der Waals surface area contributed by atoms with Gasteiger partial charge in [-0.1, -0.05) is 54.6 Å². The molecular weight excluding hydrogens is 374 g/mol. The maximum Gasteiger partial charge on any atom is 0.322 e. The van der Waals surface area contributed by atoms with Gasteiger partial charge < -0.3 is 10.2 Å². The van der Waals surface area contributed by atoms with Crippen LogP contribution in [-0.2, 0) is 6.54 Å². The zero-order chi connectivity index (χ0) is 21.1. The Morgan fingerprint density at radius 3 is 2.33 bits per heavy atom. The van der Waals surface area contributed by atoms with Crippen LogP contribution in [0.1, 0.15) is 21.5 Å². The molecule has 0 bridgehead atoms. The number of hydrogen-bond donors (Lipinski definition) is 1. The SMILES string of the molecule is Cc1cc(C(=O)N(C)Cc2ccc(-c3ccccc3)cc2)ccc1N1CCNC1=O. The summed E-state index contributed by atoms with van der Waals surface area (Å²) in [5, 5.41) is 2.80. The number of rotatable bonds is 5. The van der Waals surface area contributed by atoms with E-state index < -0.39 is 0 Å². The van der Waals surface area contributed by atoms with Gasteiger partial charge in [0.2, 0.25) is 0 Å². The molecule has 5 heteroatoms. The Hall–Kier alpha value is -3.60. The summed E-state index contributed by atoms with van der Waals surface area (Å²) < 4.78 is 0. The van der Waals surface area contributed by atoms with Crippen molar-refractivity contribution >= 4 is 17.6 Å². The Bertz CT molecular complexity index is 1060. The van der Waals surface area contributed by atoms with Gasteiger partial charge in [0.15, 0.2) is 0 Å². The molecule has 0 spiro atoms. The van der Waals surface area contributed by atoms with Crippen LogP contribution in [0.3, 0.4) is 0 Å². The van der Waals surface area contributed by atoms with E-state index in [0.717, 1.165) is 22.4 Å².